The van der Waals surface area contributed by atoms with Crippen LogP contribution in [0.15, 0.2) is 83.9 Å². The molecule has 4 N–H and O–H groups in total. The Morgan fingerprint density at radius 2 is 1.68 bits per heavy atom. The number of nitrogens with zero attached hydrogens (tertiary/aromatic N) is 1. The Morgan fingerprint density at radius 1 is 0.920 bits per heavy atom. The molecule has 3 aromatic rings. The minimum Gasteiger partial charge on any atom is -0.508 e. The van der Waals surface area contributed by atoms with Crippen LogP contribution in [0.3, 0.4) is 0 Å². The van der Waals surface area contributed by atoms with Crippen LogP contribution < -0.4 is 15.8 Å². The third kappa shape index (κ3) is 5.00. The number of nitrogens with one attached hydrogen (secondary N) is 1. The van der Waals surface area contributed by atoms with Gasteiger partial charge >= 0.3 is 0 Å². The highest BCUT2D eigenvalue weighted by Gasteiger charge is 2.01. The molecule has 0 aliphatic heterocycles. The lowest BCUT2D eigenvalue weighted by Gasteiger charge is -2.09. The molecule has 0 spiro atoms. The highest BCUT2D eigenvalue weighted by Crippen LogP contribution is 2.23. The maximum atomic E-state index is 9.46. The molecule has 0 aliphatic rings. The van der Waals surface area contributed by atoms with E-state index in [1.165, 1.54) is 0 Å². The summed E-state index contributed by atoms with van der Waals surface area (Å²) < 4.78 is 5.79. The standard InChI is InChI=1S/C20H19N3O2/c21-20(22-14-15-6-4-8-17(24)12-15)23-16-7-5-11-19(13-16)25-18-9-2-1-3-10-18/h1-13,24H,14H2,(H3,21,22,23). The lowest BCUT2D eigenvalue weighted by molar-refractivity contribution is 0.474. The molecule has 0 saturated heterocycles. The summed E-state index contributed by atoms with van der Waals surface area (Å²) in [5.41, 5.74) is 7.59. The quantitative estimate of drug-likeness (QED) is 0.485. The summed E-state index contributed by atoms with van der Waals surface area (Å²) in [4.78, 5) is 4.28. The molecule has 5 heteroatoms. The van der Waals surface area contributed by atoms with E-state index in [0.717, 1.165) is 17.0 Å². The van der Waals surface area contributed by atoms with Gasteiger partial charge in [0, 0.05) is 11.8 Å². The van der Waals surface area contributed by atoms with Gasteiger partial charge in [0.1, 0.15) is 17.2 Å². The molecule has 3 rings (SSSR count). The predicted molar refractivity (Wildman–Crippen MR) is 100 cm³/mol. The van der Waals surface area contributed by atoms with E-state index in [1.54, 1.807) is 18.2 Å². The topological polar surface area (TPSA) is 79.9 Å². The highest BCUT2D eigenvalue weighted by molar-refractivity contribution is 5.92. The minimum absolute atomic E-state index is 0.213. The van der Waals surface area contributed by atoms with E-state index >= 15 is 0 Å². The van der Waals surface area contributed by atoms with Crippen molar-refractivity contribution < 1.29 is 9.84 Å². The van der Waals surface area contributed by atoms with Gasteiger partial charge in [0.05, 0.1) is 6.54 Å². The van der Waals surface area contributed by atoms with Crippen molar-refractivity contribution >= 4 is 11.6 Å². The molecular weight excluding hydrogens is 314 g/mol. The van der Waals surface area contributed by atoms with Gasteiger partial charge in [0.25, 0.3) is 0 Å². The molecule has 0 fully saturated rings. The summed E-state index contributed by atoms with van der Waals surface area (Å²) in [6, 6.07) is 24.0. The van der Waals surface area contributed by atoms with Crippen LogP contribution >= 0.6 is 0 Å². The van der Waals surface area contributed by atoms with E-state index in [-0.39, 0.29) is 5.75 Å². The number of nitrogens with two attached hydrogens (primary N) is 1. The minimum atomic E-state index is 0.213. The van der Waals surface area contributed by atoms with Gasteiger partial charge in [-0.1, -0.05) is 36.4 Å². The summed E-state index contributed by atoms with van der Waals surface area (Å²) in [7, 11) is 0. The first-order valence-electron chi connectivity index (χ1n) is 7.87. The van der Waals surface area contributed by atoms with Crippen LogP contribution in [0.5, 0.6) is 17.2 Å². The largest absolute Gasteiger partial charge is 0.508 e. The van der Waals surface area contributed by atoms with Gasteiger partial charge in [0.15, 0.2) is 5.96 Å². The number of benzene rings is 3. The molecule has 0 aliphatic carbocycles. The van der Waals surface area contributed by atoms with Crippen molar-refractivity contribution in [2.24, 2.45) is 10.7 Å². The molecule has 0 atom stereocenters. The first-order chi connectivity index (χ1) is 12.2. The third-order valence-corrected chi connectivity index (χ3v) is 3.43. The van der Waals surface area contributed by atoms with Crippen molar-refractivity contribution in [1.29, 1.82) is 0 Å². The summed E-state index contributed by atoms with van der Waals surface area (Å²) in [5, 5.41) is 12.5. The fourth-order valence-corrected chi connectivity index (χ4v) is 2.28. The zero-order valence-corrected chi connectivity index (χ0v) is 13.6. The molecule has 126 valence electrons. The van der Waals surface area contributed by atoms with E-state index in [4.69, 9.17) is 10.5 Å². The highest BCUT2D eigenvalue weighted by atomic mass is 16.5. The lowest BCUT2D eigenvalue weighted by Crippen LogP contribution is -2.22. The van der Waals surface area contributed by atoms with Gasteiger partial charge in [-0.05, 0) is 42.0 Å². The van der Waals surface area contributed by atoms with Crippen LogP contribution in [-0.4, -0.2) is 11.1 Å². The van der Waals surface area contributed by atoms with Gasteiger partial charge in [0.2, 0.25) is 0 Å². The molecular formula is C20H19N3O2. The predicted octanol–water partition coefficient (Wildman–Crippen LogP) is 4.11. The summed E-state index contributed by atoms with van der Waals surface area (Å²) >= 11 is 0. The summed E-state index contributed by atoms with van der Waals surface area (Å²) in [6.45, 7) is 0.382. The maximum Gasteiger partial charge on any atom is 0.193 e. The van der Waals surface area contributed by atoms with Crippen LogP contribution in [0.2, 0.25) is 0 Å². The van der Waals surface area contributed by atoms with E-state index in [2.05, 4.69) is 10.3 Å². The van der Waals surface area contributed by atoms with Crippen molar-refractivity contribution in [3.63, 3.8) is 0 Å². The Hall–Kier alpha value is -3.47. The number of para-hydroxylation sites is 1. The van der Waals surface area contributed by atoms with Gasteiger partial charge in [-0.15, -0.1) is 0 Å². The van der Waals surface area contributed by atoms with E-state index in [1.807, 2.05) is 60.7 Å². The SMILES string of the molecule is NC(=NCc1cccc(O)c1)Nc1cccc(Oc2ccccc2)c1. The molecule has 0 unspecified atom stereocenters. The Morgan fingerprint density at radius 3 is 2.48 bits per heavy atom. The number of anilines is 1. The van der Waals surface area contributed by atoms with Gasteiger partial charge in [-0.2, -0.15) is 0 Å². The monoisotopic (exact) mass is 333 g/mol. The van der Waals surface area contributed by atoms with Gasteiger partial charge in [-0.3, -0.25) is 0 Å². The first-order valence-corrected chi connectivity index (χ1v) is 7.87. The average Bonchev–Trinajstić information content (AvgIpc) is 2.61. The van der Waals surface area contributed by atoms with E-state index in [9.17, 15) is 5.11 Å². The number of phenolic OH excluding ortho intramolecular Hbond substituents is 1. The number of aromatic hydroxyl groups is 1. The molecule has 0 heterocycles. The molecule has 25 heavy (non-hydrogen) atoms. The van der Waals surface area contributed by atoms with Crippen molar-refractivity contribution in [3.05, 3.63) is 84.4 Å². The Balaban J connectivity index is 1.64. The number of hydrogen-bond acceptors (Lipinski definition) is 3. The normalized spacial score (nSPS) is 11.1. The van der Waals surface area contributed by atoms with Crippen molar-refractivity contribution in [2.75, 3.05) is 5.32 Å². The number of hydrogen-bond donors (Lipinski definition) is 3. The first kappa shape index (κ1) is 16.4. The summed E-state index contributed by atoms with van der Waals surface area (Å²) in [6.07, 6.45) is 0. The maximum absolute atomic E-state index is 9.46. The molecule has 0 aromatic heterocycles. The third-order valence-electron chi connectivity index (χ3n) is 3.43. The van der Waals surface area contributed by atoms with Crippen LogP contribution in [0.25, 0.3) is 0 Å². The Bertz CT molecular complexity index is 864. The van der Waals surface area contributed by atoms with Crippen molar-refractivity contribution in [1.82, 2.24) is 0 Å². The van der Waals surface area contributed by atoms with E-state index < -0.39 is 0 Å². The van der Waals surface area contributed by atoms with Crippen molar-refractivity contribution in [2.45, 2.75) is 6.54 Å². The zero-order valence-electron chi connectivity index (χ0n) is 13.6. The average molecular weight is 333 g/mol. The smallest absolute Gasteiger partial charge is 0.193 e. The summed E-state index contributed by atoms with van der Waals surface area (Å²) in [5.74, 6) is 1.98. The van der Waals surface area contributed by atoms with Crippen molar-refractivity contribution in [3.8, 4) is 17.2 Å². The second-order valence-corrected chi connectivity index (χ2v) is 5.44. The molecule has 0 saturated carbocycles. The number of ether oxygens (including phenoxy) is 1. The lowest BCUT2D eigenvalue weighted by atomic mass is 10.2. The van der Waals surface area contributed by atoms with Crippen LogP contribution in [0, 0.1) is 0 Å². The molecule has 0 bridgehead atoms. The second kappa shape index (κ2) is 7.88. The van der Waals surface area contributed by atoms with Crippen LogP contribution in [-0.2, 0) is 6.54 Å². The number of phenols is 1. The molecule has 0 radical (unpaired) electrons. The zero-order chi connectivity index (χ0) is 17.5. The molecule has 3 aromatic carbocycles. The number of aliphatic imine (C=N–C) groups is 1. The Kier molecular flexibility index (Phi) is 5.16. The fourth-order valence-electron chi connectivity index (χ4n) is 2.28. The number of guanidine groups is 1. The van der Waals surface area contributed by atoms with Gasteiger partial charge in [-0.25, -0.2) is 4.99 Å². The fraction of sp³-hybridized carbons (Fsp3) is 0.0500. The number of rotatable bonds is 5. The van der Waals surface area contributed by atoms with Crippen LogP contribution in [0.4, 0.5) is 5.69 Å². The molecule has 0 amide bonds. The van der Waals surface area contributed by atoms with Gasteiger partial charge < -0.3 is 20.9 Å². The Labute approximate surface area is 146 Å². The van der Waals surface area contributed by atoms with E-state index in [0.29, 0.717) is 18.3 Å². The van der Waals surface area contributed by atoms with Crippen LogP contribution in [0.1, 0.15) is 5.56 Å². The molecule has 5 nitrogen and oxygen atoms in total. The second-order valence-electron chi connectivity index (χ2n) is 5.44.